The maximum absolute atomic E-state index is 12.1. The molecule has 5 heteroatoms. The Bertz CT molecular complexity index is 458. The molecule has 1 aromatic rings. The molecule has 104 valence electrons. The summed E-state index contributed by atoms with van der Waals surface area (Å²) >= 11 is 0. The molecule has 19 heavy (non-hydrogen) atoms. The number of ether oxygens (including phenoxy) is 1. The molecule has 0 aliphatic rings. The zero-order valence-corrected chi connectivity index (χ0v) is 11.7. The molecule has 0 aliphatic heterocycles. The number of amides is 2. The molecule has 0 saturated carbocycles. The van der Waals surface area contributed by atoms with E-state index >= 15 is 0 Å². The molecule has 1 atom stereocenters. The Morgan fingerprint density at radius 1 is 1.26 bits per heavy atom. The predicted molar refractivity (Wildman–Crippen MR) is 74.1 cm³/mol. The van der Waals surface area contributed by atoms with Gasteiger partial charge >= 0.3 is 0 Å². The average molecular weight is 264 g/mol. The molecule has 0 radical (unpaired) electrons. The van der Waals surface area contributed by atoms with Gasteiger partial charge in [-0.25, -0.2) is 0 Å². The highest BCUT2D eigenvalue weighted by molar-refractivity contribution is 5.97. The van der Waals surface area contributed by atoms with Gasteiger partial charge in [0.1, 0.15) is 11.8 Å². The quantitative estimate of drug-likeness (QED) is 0.852. The van der Waals surface area contributed by atoms with Gasteiger partial charge in [0.2, 0.25) is 11.8 Å². The monoisotopic (exact) mass is 264 g/mol. The Balaban J connectivity index is 2.77. The molecule has 0 heterocycles. The molecule has 2 amide bonds. The SMILES string of the molecule is COc1cccc(NC(=O)[C@H](NC(C)=O)C(C)C)c1. The van der Waals surface area contributed by atoms with Crippen molar-refractivity contribution in [2.24, 2.45) is 5.92 Å². The molecule has 0 bridgehead atoms. The van der Waals surface area contributed by atoms with Crippen molar-refractivity contribution in [1.29, 1.82) is 0 Å². The molecule has 0 unspecified atom stereocenters. The minimum Gasteiger partial charge on any atom is -0.497 e. The normalized spacial score (nSPS) is 11.8. The number of carbonyl (C=O) groups excluding carboxylic acids is 2. The highest BCUT2D eigenvalue weighted by Gasteiger charge is 2.22. The summed E-state index contributed by atoms with van der Waals surface area (Å²) in [7, 11) is 1.56. The molecular weight excluding hydrogens is 244 g/mol. The van der Waals surface area contributed by atoms with Crippen LogP contribution in [0, 0.1) is 5.92 Å². The number of carbonyl (C=O) groups is 2. The largest absolute Gasteiger partial charge is 0.497 e. The van der Waals surface area contributed by atoms with Gasteiger partial charge in [-0.15, -0.1) is 0 Å². The van der Waals surface area contributed by atoms with E-state index in [1.165, 1.54) is 6.92 Å². The first-order valence-electron chi connectivity index (χ1n) is 6.16. The van der Waals surface area contributed by atoms with Gasteiger partial charge < -0.3 is 15.4 Å². The Morgan fingerprint density at radius 2 is 1.95 bits per heavy atom. The lowest BCUT2D eigenvalue weighted by Gasteiger charge is -2.21. The summed E-state index contributed by atoms with van der Waals surface area (Å²) in [5.74, 6) is 0.214. The van der Waals surface area contributed by atoms with E-state index in [1.807, 2.05) is 13.8 Å². The first-order valence-corrected chi connectivity index (χ1v) is 6.16. The van der Waals surface area contributed by atoms with Crippen molar-refractivity contribution in [1.82, 2.24) is 5.32 Å². The lowest BCUT2D eigenvalue weighted by atomic mass is 10.0. The topological polar surface area (TPSA) is 67.4 Å². The molecule has 1 rings (SSSR count). The van der Waals surface area contributed by atoms with Gasteiger partial charge in [-0.2, -0.15) is 0 Å². The highest BCUT2D eigenvalue weighted by atomic mass is 16.5. The van der Waals surface area contributed by atoms with Crippen LogP contribution in [-0.4, -0.2) is 25.0 Å². The smallest absolute Gasteiger partial charge is 0.247 e. The van der Waals surface area contributed by atoms with Crippen molar-refractivity contribution in [3.05, 3.63) is 24.3 Å². The average Bonchev–Trinajstić information content (AvgIpc) is 2.35. The summed E-state index contributed by atoms with van der Waals surface area (Å²) in [6.07, 6.45) is 0. The first kappa shape index (κ1) is 15.0. The Morgan fingerprint density at radius 3 is 2.47 bits per heavy atom. The molecule has 0 aliphatic carbocycles. The zero-order valence-electron chi connectivity index (χ0n) is 11.7. The maximum atomic E-state index is 12.1. The summed E-state index contributed by atoms with van der Waals surface area (Å²) in [6.45, 7) is 5.16. The number of hydrogen-bond acceptors (Lipinski definition) is 3. The third-order valence-corrected chi connectivity index (χ3v) is 2.65. The second kappa shape index (κ2) is 6.78. The van der Waals surface area contributed by atoms with Crippen molar-refractivity contribution in [3.8, 4) is 5.75 Å². The van der Waals surface area contributed by atoms with Crippen LogP contribution in [0.5, 0.6) is 5.75 Å². The van der Waals surface area contributed by atoms with Crippen LogP contribution < -0.4 is 15.4 Å². The van der Waals surface area contributed by atoms with E-state index in [4.69, 9.17) is 4.74 Å². The van der Waals surface area contributed by atoms with Crippen molar-refractivity contribution >= 4 is 17.5 Å². The van der Waals surface area contributed by atoms with E-state index in [9.17, 15) is 9.59 Å². The van der Waals surface area contributed by atoms with Gasteiger partial charge in [-0.3, -0.25) is 9.59 Å². The number of anilines is 1. The molecule has 0 spiro atoms. The van der Waals surface area contributed by atoms with Crippen LogP contribution in [-0.2, 0) is 9.59 Å². The summed E-state index contributed by atoms with van der Waals surface area (Å²) in [6, 6.07) is 6.53. The molecular formula is C14H20N2O3. The minimum atomic E-state index is -0.552. The number of benzene rings is 1. The van der Waals surface area contributed by atoms with E-state index in [0.717, 1.165) is 0 Å². The second-order valence-electron chi connectivity index (χ2n) is 4.64. The third kappa shape index (κ3) is 4.62. The maximum Gasteiger partial charge on any atom is 0.247 e. The first-order chi connectivity index (χ1) is 8.93. The molecule has 1 aromatic carbocycles. The van der Waals surface area contributed by atoms with Crippen LogP contribution in [0.2, 0.25) is 0 Å². The summed E-state index contributed by atoms with van der Waals surface area (Å²) in [4.78, 5) is 23.2. The predicted octanol–water partition coefficient (Wildman–Crippen LogP) is 1.79. The Kier molecular flexibility index (Phi) is 5.36. The lowest BCUT2D eigenvalue weighted by molar-refractivity contribution is -0.126. The summed E-state index contributed by atoms with van der Waals surface area (Å²) in [5, 5.41) is 5.42. The van der Waals surface area contributed by atoms with Gasteiger partial charge in [0, 0.05) is 18.7 Å². The van der Waals surface area contributed by atoms with Gasteiger partial charge in [0.25, 0.3) is 0 Å². The lowest BCUT2D eigenvalue weighted by Crippen LogP contribution is -2.46. The number of hydrogen-bond donors (Lipinski definition) is 2. The fraction of sp³-hybridized carbons (Fsp3) is 0.429. The number of methoxy groups -OCH3 is 1. The molecule has 0 saturated heterocycles. The van der Waals surface area contributed by atoms with Crippen LogP contribution in [0.15, 0.2) is 24.3 Å². The Labute approximate surface area is 113 Å². The molecule has 2 N–H and O–H groups in total. The number of nitrogens with one attached hydrogen (secondary N) is 2. The molecule has 0 fully saturated rings. The summed E-state index contributed by atoms with van der Waals surface area (Å²) < 4.78 is 5.09. The van der Waals surface area contributed by atoms with Gasteiger partial charge in [-0.1, -0.05) is 19.9 Å². The van der Waals surface area contributed by atoms with E-state index in [-0.39, 0.29) is 17.7 Å². The minimum absolute atomic E-state index is 0.00880. The van der Waals surface area contributed by atoms with Crippen molar-refractivity contribution < 1.29 is 14.3 Å². The fourth-order valence-electron chi connectivity index (χ4n) is 1.67. The van der Waals surface area contributed by atoms with Crippen LogP contribution >= 0.6 is 0 Å². The van der Waals surface area contributed by atoms with Gasteiger partial charge in [-0.05, 0) is 18.1 Å². The van der Waals surface area contributed by atoms with Crippen molar-refractivity contribution in [2.45, 2.75) is 26.8 Å². The van der Waals surface area contributed by atoms with Crippen LogP contribution in [0.25, 0.3) is 0 Å². The van der Waals surface area contributed by atoms with Gasteiger partial charge in [0.15, 0.2) is 0 Å². The van der Waals surface area contributed by atoms with Crippen molar-refractivity contribution in [3.63, 3.8) is 0 Å². The summed E-state index contributed by atoms with van der Waals surface area (Å²) in [5.41, 5.74) is 0.639. The highest BCUT2D eigenvalue weighted by Crippen LogP contribution is 2.17. The zero-order chi connectivity index (χ0) is 14.4. The van der Waals surface area contributed by atoms with E-state index in [0.29, 0.717) is 11.4 Å². The molecule has 0 aromatic heterocycles. The number of rotatable bonds is 5. The standard InChI is InChI=1S/C14H20N2O3/c1-9(2)13(15-10(3)17)14(18)16-11-6-5-7-12(8-11)19-4/h5-9,13H,1-4H3,(H,15,17)(H,16,18)/t13-/m1/s1. The second-order valence-corrected chi connectivity index (χ2v) is 4.64. The Hall–Kier alpha value is -2.04. The van der Waals surface area contributed by atoms with Crippen LogP contribution in [0.4, 0.5) is 5.69 Å². The van der Waals surface area contributed by atoms with E-state index < -0.39 is 6.04 Å². The third-order valence-electron chi connectivity index (χ3n) is 2.65. The van der Waals surface area contributed by atoms with E-state index in [1.54, 1.807) is 31.4 Å². The van der Waals surface area contributed by atoms with E-state index in [2.05, 4.69) is 10.6 Å². The molecule has 5 nitrogen and oxygen atoms in total. The van der Waals surface area contributed by atoms with Crippen LogP contribution in [0.1, 0.15) is 20.8 Å². The van der Waals surface area contributed by atoms with Crippen molar-refractivity contribution in [2.75, 3.05) is 12.4 Å². The van der Waals surface area contributed by atoms with Crippen LogP contribution in [0.3, 0.4) is 0 Å². The fourth-order valence-corrected chi connectivity index (χ4v) is 1.67. The van der Waals surface area contributed by atoms with Gasteiger partial charge in [0.05, 0.1) is 7.11 Å².